The fourth-order valence-corrected chi connectivity index (χ4v) is 1.84. The van der Waals surface area contributed by atoms with Crippen LogP contribution in [0, 0.1) is 0 Å². The lowest BCUT2D eigenvalue weighted by atomic mass is 10.1. The molecular weight excluding hydrogens is 208 g/mol. The number of piperidine rings is 1. The Morgan fingerprint density at radius 3 is 2.81 bits per heavy atom. The number of ether oxygens (including phenoxy) is 1. The van der Waals surface area contributed by atoms with Crippen molar-refractivity contribution in [2.45, 2.75) is 18.9 Å². The Morgan fingerprint density at radius 1 is 1.50 bits per heavy atom. The molecule has 86 valence electrons. The number of carbonyl (C=O) groups is 1. The van der Waals surface area contributed by atoms with Crippen molar-refractivity contribution in [3.8, 4) is 0 Å². The first-order valence-corrected chi connectivity index (χ1v) is 5.23. The quantitative estimate of drug-likeness (QED) is 0.789. The number of carbonyl (C=O) groups excluding carboxylic acids is 1. The van der Waals surface area contributed by atoms with Gasteiger partial charge in [0.2, 0.25) is 0 Å². The fourth-order valence-electron chi connectivity index (χ4n) is 1.84. The maximum atomic E-state index is 10.6. The molecule has 1 amide bonds. The molecule has 0 spiro atoms. The molecule has 6 heteroatoms. The van der Waals surface area contributed by atoms with Crippen LogP contribution in [-0.2, 0) is 4.74 Å². The Bertz CT molecular complexity index is 349. The molecule has 6 nitrogen and oxygen atoms in total. The number of nitrogens with two attached hydrogens (primary N) is 1. The summed E-state index contributed by atoms with van der Waals surface area (Å²) in [5, 5.41) is 0. The molecule has 1 aromatic heterocycles. The molecule has 2 heterocycles. The number of hydrogen-bond donors (Lipinski definition) is 1. The van der Waals surface area contributed by atoms with Crippen molar-refractivity contribution in [3.05, 3.63) is 18.6 Å². The molecule has 1 aliphatic rings. The van der Waals surface area contributed by atoms with Gasteiger partial charge in [-0.3, -0.25) is 0 Å². The summed E-state index contributed by atoms with van der Waals surface area (Å²) in [4.78, 5) is 20.8. The second-order valence-electron chi connectivity index (χ2n) is 3.69. The SMILES string of the molecule is NC(=O)OC1CCN(c2ccncn2)CC1. The van der Waals surface area contributed by atoms with Crippen molar-refractivity contribution in [1.82, 2.24) is 9.97 Å². The topological polar surface area (TPSA) is 81.3 Å². The van der Waals surface area contributed by atoms with Gasteiger partial charge < -0.3 is 15.4 Å². The van der Waals surface area contributed by atoms with E-state index in [-0.39, 0.29) is 6.10 Å². The number of primary amides is 1. The summed E-state index contributed by atoms with van der Waals surface area (Å²) >= 11 is 0. The normalized spacial score (nSPS) is 17.1. The van der Waals surface area contributed by atoms with E-state index in [1.807, 2.05) is 6.07 Å². The molecule has 0 bridgehead atoms. The molecule has 0 aromatic carbocycles. The van der Waals surface area contributed by atoms with Gasteiger partial charge in [0.15, 0.2) is 0 Å². The molecule has 0 atom stereocenters. The predicted octanol–water partition coefficient (Wildman–Crippen LogP) is 0.541. The lowest BCUT2D eigenvalue weighted by Gasteiger charge is -2.31. The minimum Gasteiger partial charge on any atom is -0.446 e. The first-order valence-electron chi connectivity index (χ1n) is 5.23. The van der Waals surface area contributed by atoms with Crippen LogP contribution in [0.1, 0.15) is 12.8 Å². The minimum atomic E-state index is -0.694. The first-order chi connectivity index (χ1) is 7.75. The third-order valence-corrected chi connectivity index (χ3v) is 2.62. The molecule has 0 aliphatic carbocycles. The van der Waals surface area contributed by atoms with E-state index < -0.39 is 6.09 Å². The van der Waals surface area contributed by atoms with E-state index in [1.54, 1.807) is 6.20 Å². The van der Waals surface area contributed by atoms with Crippen LogP contribution >= 0.6 is 0 Å². The lowest BCUT2D eigenvalue weighted by molar-refractivity contribution is 0.0911. The molecule has 1 fully saturated rings. The Morgan fingerprint density at radius 2 is 2.25 bits per heavy atom. The van der Waals surface area contributed by atoms with Gasteiger partial charge in [0.05, 0.1) is 0 Å². The minimum absolute atomic E-state index is 0.0596. The number of hydrogen-bond acceptors (Lipinski definition) is 5. The standard InChI is InChI=1S/C10H14N4O2/c11-10(15)16-8-2-5-14(6-3-8)9-1-4-12-7-13-9/h1,4,7-8H,2-3,5-6H2,(H2,11,15). The van der Waals surface area contributed by atoms with Crippen molar-refractivity contribution >= 4 is 11.9 Å². The van der Waals surface area contributed by atoms with Crippen molar-refractivity contribution in [3.63, 3.8) is 0 Å². The van der Waals surface area contributed by atoms with E-state index in [9.17, 15) is 4.79 Å². The summed E-state index contributed by atoms with van der Waals surface area (Å²) in [6.07, 6.45) is 4.06. The average molecular weight is 222 g/mol. The number of aromatic nitrogens is 2. The van der Waals surface area contributed by atoms with Crippen molar-refractivity contribution in [1.29, 1.82) is 0 Å². The number of amides is 1. The summed E-state index contributed by atoms with van der Waals surface area (Å²) in [7, 11) is 0. The summed E-state index contributed by atoms with van der Waals surface area (Å²) < 4.78 is 4.95. The summed E-state index contributed by atoms with van der Waals surface area (Å²) in [6, 6.07) is 1.87. The van der Waals surface area contributed by atoms with Gasteiger partial charge in [0.1, 0.15) is 18.2 Å². The van der Waals surface area contributed by atoms with Gasteiger partial charge in [-0.2, -0.15) is 0 Å². The highest BCUT2D eigenvalue weighted by Crippen LogP contribution is 2.18. The van der Waals surface area contributed by atoms with Gasteiger partial charge in [-0.25, -0.2) is 14.8 Å². The number of rotatable bonds is 2. The van der Waals surface area contributed by atoms with Crippen LogP contribution in [0.2, 0.25) is 0 Å². The third-order valence-electron chi connectivity index (χ3n) is 2.62. The summed E-state index contributed by atoms with van der Waals surface area (Å²) in [6.45, 7) is 1.63. The van der Waals surface area contributed by atoms with Gasteiger partial charge in [-0.05, 0) is 6.07 Å². The molecule has 1 saturated heterocycles. The van der Waals surface area contributed by atoms with Gasteiger partial charge in [0.25, 0.3) is 0 Å². The number of nitrogens with zero attached hydrogens (tertiary/aromatic N) is 3. The monoisotopic (exact) mass is 222 g/mol. The average Bonchev–Trinajstić information content (AvgIpc) is 2.30. The Hall–Kier alpha value is -1.85. The van der Waals surface area contributed by atoms with Crippen molar-refractivity contribution < 1.29 is 9.53 Å². The molecule has 1 aliphatic heterocycles. The largest absolute Gasteiger partial charge is 0.446 e. The zero-order chi connectivity index (χ0) is 11.4. The van der Waals surface area contributed by atoms with Crippen LogP contribution in [0.5, 0.6) is 0 Å². The Balaban J connectivity index is 1.88. The molecule has 16 heavy (non-hydrogen) atoms. The van der Waals surface area contributed by atoms with Crippen molar-refractivity contribution in [2.24, 2.45) is 5.73 Å². The van der Waals surface area contributed by atoms with Crippen LogP contribution in [0.15, 0.2) is 18.6 Å². The smallest absolute Gasteiger partial charge is 0.404 e. The molecule has 0 saturated carbocycles. The summed E-state index contributed by atoms with van der Waals surface area (Å²) in [5.41, 5.74) is 4.97. The molecular formula is C10H14N4O2. The van der Waals surface area contributed by atoms with E-state index in [0.29, 0.717) is 0 Å². The van der Waals surface area contributed by atoms with Crippen LogP contribution in [0.25, 0.3) is 0 Å². The molecule has 0 unspecified atom stereocenters. The molecule has 2 rings (SSSR count). The molecule has 0 radical (unpaired) electrons. The van der Waals surface area contributed by atoms with Gasteiger partial charge in [-0.15, -0.1) is 0 Å². The van der Waals surface area contributed by atoms with Crippen LogP contribution < -0.4 is 10.6 Å². The zero-order valence-electron chi connectivity index (χ0n) is 8.87. The Labute approximate surface area is 93.4 Å². The second-order valence-corrected chi connectivity index (χ2v) is 3.69. The Kier molecular flexibility index (Phi) is 3.19. The van der Waals surface area contributed by atoms with E-state index >= 15 is 0 Å². The van der Waals surface area contributed by atoms with Gasteiger partial charge in [0, 0.05) is 32.1 Å². The highest BCUT2D eigenvalue weighted by Gasteiger charge is 2.21. The predicted molar refractivity (Wildman–Crippen MR) is 57.9 cm³/mol. The van der Waals surface area contributed by atoms with E-state index in [4.69, 9.17) is 10.5 Å². The lowest BCUT2D eigenvalue weighted by Crippen LogP contribution is -2.39. The second kappa shape index (κ2) is 4.78. The van der Waals surface area contributed by atoms with E-state index in [2.05, 4.69) is 14.9 Å². The fraction of sp³-hybridized carbons (Fsp3) is 0.500. The van der Waals surface area contributed by atoms with Crippen LogP contribution in [0.3, 0.4) is 0 Å². The van der Waals surface area contributed by atoms with Crippen LogP contribution in [-0.4, -0.2) is 35.3 Å². The molecule has 1 aromatic rings. The molecule has 2 N–H and O–H groups in total. The maximum absolute atomic E-state index is 10.6. The summed E-state index contributed by atoms with van der Waals surface area (Å²) in [5.74, 6) is 0.910. The highest BCUT2D eigenvalue weighted by molar-refractivity contribution is 5.64. The zero-order valence-corrected chi connectivity index (χ0v) is 8.87. The van der Waals surface area contributed by atoms with Crippen LogP contribution in [0.4, 0.5) is 10.6 Å². The maximum Gasteiger partial charge on any atom is 0.404 e. The first kappa shape index (κ1) is 10.7. The highest BCUT2D eigenvalue weighted by atomic mass is 16.6. The number of anilines is 1. The van der Waals surface area contributed by atoms with Gasteiger partial charge in [-0.1, -0.05) is 0 Å². The van der Waals surface area contributed by atoms with Crippen molar-refractivity contribution in [2.75, 3.05) is 18.0 Å². The van der Waals surface area contributed by atoms with Gasteiger partial charge >= 0.3 is 6.09 Å². The van der Waals surface area contributed by atoms with E-state index in [0.717, 1.165) is 31.7 Å². The third kappa shape index (κ3) is 2.59. The van der Waals surface area contributed by atoms with E-state index in [1.165, 1.54) is 6.33 Å².